The first-order valence-electron chi connectivity index (χ1n) is 15.7. The van der Waals surface area contributed by atoms with Crippen molar-refractivity contribution in [3.05, 3.63) is 108 Å². The number of aryl methyl sites for hydroxylation is 1. The SMILES string of the molecule is CN(Cc1cccnc1)C(=O)C1CCN(c2ccnc3c2c(/C=C2\Oc4ccc(NC(=O)Nc5cccnc5)cc4C2=O)cn3C)CC1. The molecule has 0 unspecified atom stereocenters. The number of carbonyl (C=O) groups is 3. The van der Waals surface area contributed by atoms with Gasteiger partial charge in [0.1, 0.15) is 11.4 Å². The van der Waals surface area contributed by atoms with E-state index in [-0.39, 0.29) is 23.4 Å². The minimum atomic E-state index is -0.453. The molecular formula is C36H34N8O4. The Hall–Kier alpha value is -6.04. The van der Waals surface area contributed by atoms with Gasteiger partial charge in [-0.2, -0.15) is 0 Å². The highest BCUT2D eigenvalue weighted by molar-refractivity contribution is 6.16. The number of benzene rings is 1. The fourth-order valence-corrected chi connectivity index (χ4v) is 6.35. The molecule has 242 valence electrons. The molecule has 1 aromatic carbocycles. The van der Waals surface area contributed by atoms with E-state index >= 15 is 0 Å². The third-order valence-electron chi connectivity index (χ3n) is 8.70. The molecule has 1 fully saturated rings. The van der Waals surface area contributed by atoms with Crippen molar-refractivity contribution in [2.24, 2.45) is 13.0 Å². The topological polar surface area (TPSA) is 135 Å². The Morgan fingerprint density at radius 3 is 2.52 bits per heavy atom. The molecule has 0 saturated carbocycles. The number of Topliss-reactive ketones (excluding diaryl/α,β-unsaturated/α-hetero) is 1. The molecule has 0 aliphatic carbocycles. The van der Waals surface area contributed by atoms with Crippen molar-refractivity contribution in [1.29, 1.82) is 0 Å². The third kappa shape index (κ3) is 6.19. The molecule has 0 spiro atoms. The van der Waals surface area contributed by atoms with Crippen LogP contribution in [0.25, 0.3) is 17.1 Å². The molecule has 48 heavy (non-hydrogen) atoms. The molecule has 12 nitrogen and oxygen atoms in total. The first-order chi connectivity index (χ1) is 23.3. The van der Waals surface area contributed by atoms with Gasteiger partial charge in [-0.25, -0.2) is 9.78 Å². The minimum absolute atomic E-state index is 0.0542. The average Bonchev–Trinajstić information content (AvgIpc) is 3.60. The van der Waals surface area contributed by atoms with Gasteiger partial charge in [0.2, 0.25) is 11.7 Å². The Bertz CT molecular complexity index is 2040. The molecule has 0 bridgehead atoms. The van der Waals surface area contributed by atoms with Gasteiger partial charge >= 0.3 is 6.03 Å². The lowest BCUT2D eigenvalue weighted by Crippen LogP contribution is -2.41. The van der Waals surface area contributed by atoms with E-state index in [1.807, 2.05) is 43.1 Å². The van der Waals surface area contributed by atoms with E-state index in [9.17, 15) is 14.4 Å². The molecule has 4 aromatic heterocycles. The summed E-state index contributed by atoms with van der Waals surface area (Å²) >= 11 is 0. The van der Waals surface area contributed by atoms with E-state index in [0.717, 1.165) is 40.7 Å². The summed E-state index contributed by atoms with van der Waals surface area (Å²) in [5.41, 5.74) is 4.94. The van der Waals surface area contributed by atoms with E-state index in [2.05, 4.69) is 30.5 Å². The maximum absolute atomic E-state index is 13.5. The maximum atomic E-state index is 13.5. The van der Waals surface area contributed by atoms with Crippen LogP contribution in [0.2, 0.25) is 0 Å². The maximum Gasteiger partial charge on any atom is 0.323 e. The first-order valence-corrected chi connectivity index (χ1v) is 15.7. The largest absolute Gasteiger partial charge is 0.452 e. The molecule has 2 aliphatic heterocycles. The van der Waals surface area contributed by atoms with Crippen LogP contribution in [0.3, 0.4) is 0 Å². The molecule has 0 radical (unpaired) electrons. The van der Waals surface area contributed by atoms with E-state index in [4.69, 9.17) is 4.74 Å². The highest BCUT2D eigenvalue weighted by Gasteiger charge is 2.31. The van der Waals surface area contributed by atoms with Crippen LogP contribution in [0.4, 0.5) is 21.9 Å². The van der Waals surface area contributed by atoms with Crippen LogP contribution in [0.5, 0.6) is 5.75 Å². The Morgan fingerprint density at radius 1 is 1.00 bits per heavy atom. The summed E-state index contributed by atoms with van der Waals surface area (Å²) in [4.78, 5) is 56.2. The Balaban J connectivity index is 1.07. The van der Waals surface area contributed by atoms with Crippen LogP contribution in [-0.2, 0) is 18.4 Å². The predicted octanol–water partition coefficient (Wildman–Crippen LogP) is 5.50. The highest BCUT2D eigenvalue weighted by atomic mass is 16.5. The number of amides is 3. The fourth-order valence-electron chi connectivity index (χ4n) is 6.35. The van der Waals surface area contributed by atoms with Gasteiger partial charge in [-0.1, -0.05) is 6.07 Å². The summed E-state index contributed by atoms with van der Waals surface area (Å²) in [6.07, 6.45) is 13.6. The van der Waals surface area contributed by atoms with Crippen molar-refractivity contribution in [3.63, 3.8) is 0 Å². The van der Waals surface area contributed by atoms with Gasteiger partial charge in [0.05, 0.1) is 17.4 Å². The van der Waals surface area contributed by atoms with Gasteiger partial charge < -0.3 is 29.7 Å². The van der Waals surface area contributed by atoms with Gasteiger partial charge in [0.15, 0.2) is 5.76 Å². The second-order valence-corrected chi connectivity index (χ2v) is 12.0. The second-order valence-electron chi connectivity index (χ2n) is 12.0. The average molecular weight is 643 g/mol. The number of nitrogens with zero attached hydrogens (tertiary/aromatic N) is 6. The van der Waals surface area contributed by atoms with Crippen molar-refractivity contribution < 1.29 is 19.1 Å². The molecule has 2 aliphatic rings. The normalized spacial score (nSPS) is 15.3. The van der Waals surface area contributed by atoms with Crippen LogP contribution in [0, 0.1) is 5.92 Å². The number of anilines is 3. The number of aromatic nitrogens is 4. The summed E-state index contributed by atoms with van der Waals surface area (Å²) in [6, 6.07) is 13.8. The van der Waals surface area contributed by atoms with Gasteiger partial charge in [0, 0.05) is 93.0 Å². The summed E-state index contributed by atoms with van der Waals surface area (Å²) in [7, 11) is 3.77. The summed E-state index contributed by atoms with van der Waals surface area (Å²) in [5, 5.41) is 6.38. The molecular weight excluding hydrogens is 608 g/mol. The molecule has 0 atom stereocenters. The second kappa shape index (κ2) is 13.0. The summed E-state index contributed by atoms with van der Waals surface area (Å²) in [6.45, 7) is 1.96. The van der Waals surface area contributed by atoms with E-state index in [1.54, 1.807) is 72.3 Å². The number of nitrogens with one attached hydrogen (secondary N) is 2. The third-order valence-corrected chi connectivity index (χ3v) is 8.70. The number of ketones is 1. The number of hydrogen-bond donors (Lipinski definition) is 2. The number of fused-ring (bicyclic) bond motifs is 2. The molecule has 12 heteroatoms. The van der Waals surface area contributed by atoms with E-state index in [1.165, 1.54) is 0 Å². The van der Waals surface area contributed by atoms with Gasteiger partial charge in [-0.15, -0.1) is 0 Å². The van der Waals surface area contributed by atoms with Crippen molar-refractivity contribution >= 4 is 51.9 Å². The number of ether oxygens (including phenoxy) is 1. The van der Waals surface area contributed by atoms with Crippen LogP contribution in [0.15, 0.2) is 91.5 Å². The van der Waals surface area contributed by atoms with E-state index in [0.29, 0.717) is 42.3 Å². The van der Waals surface area contributed by atoms with Crippen LogP contribution < -0.4 is 20.3 Å². The molecule has 5 aromatic rings. The zero-order chi connectivity index (χ0) is 33.2. The molecule has 1 saturated heterocycles. The quantitative estimate of drug-likeness (QED) is 0.222. The van der Waals surface area contributed by atoms with Gasteiger partial charge in [0.25, 0.3) is 0 Å². The number of allylic oxidation sites excluding steroid dienone is 1. The Morgan fingerprint density at radius 2 is 1.77 bits per heavy atom. The van der Waals surface area contributed by atoms with Crippen molar-refractivity contribution in [3.8, 4) is 5.75 Å². The number of urea groups is 1. The zero-order valence-corrected chi connectivity index (χ0v) is 26.6. The lowest BCUT2D eigenvalue weighted by Gasteiger charge is -2.35. The molecule has 7 rings (SSSR count). The summed E-state index contributed by atoms with van der Waals surface area (Å²) < 4.78 is 7.95. The van der Waals surface area contributed by atoms with Crippen LogP contribution in [-0.4, -0.2) is 62.3 Å². The smallest absolute Gasteiger partial charge is 0.323 e. The van der Waals surface area contributed by atoms with Gasteiger partial charge in [-0.05, 0) is 66.9 Å². The number of pyridine rings is 3. The monoisotopic (exact) mass is 642 g/mol. The van der Waals surface area contributed by atoms with Crippen molar-refractivity contribution in [2.75, 3.05) is 35.7 Å². The number of piperidine rings is 1. The highest BCUT2D eigenvalue weighted by Crippen LogP contribution is 2.37. The van der Waals surface area contributed by atoms with E-state index < -0.39 is 6.03 Å². The molecule has 3 amide bonds. The lowest BCUT2D eigenvalue weighted by atomic mass is 9.94. The van der Waals surface area contributed by atoms with Crippen LogP contribution >= 0.6 is 0 Å². The Labute approximate surface area is 277 Å². The van der Waals surface area contributed by atoms with Crippen LogP contribution in [0.1, 0.15) is 34.3 Å². The Kier molecular flexibility index (Phi) is 8.28. The minimum Gasteiger partial charge on any atom is -0.452 e. The fraction of sp³-hybridized carbons (Fsp3) is 0.222. The van der Waals surface area contributed by atoms with Crippen molar-refractivity contribution in [2.45, 2.75) is 19.4 Å². The lowest BCUT2D eigenvalue weighted by molar-refractivity contribution is -0.135. The number of hydrogen-bond acceptors (Lipinski definition) is 8. The number of rotatable bonds is 7. The molecule has 2 N–H and O–H groups in total. The zero-order valence-electron chi connectivity index (χ0n) is 26.6. The first kappa shape index (κ1) is 30.6. The van der Waals surface area contributed by atoms with Crippen molar-refractivity contribution in [1.82, 2.24) is 24.4 Å². The van der Waals surface area contributed by atoms with Gasteiger partial charge in [-0.3, -0.25) is 19.6 Å². The predicted molar refractivity (Wildman–Crippen MR) is 183 cm³/mol. The molecule has 6 heterocycles. The number of carbonyl (C=O) groups excluding carboxylic acids is 3. The standard InChI is InChI=1S/C36H34N8O4/c1-42-22-25(17-31-33(45)28-18-26(7-8-30(28)48-31)40-36(47)41-27-6-4-13-38-20-27)32-29(9-14-39-34(32)42)44-15-10-24(11-16-44)35(46)43(2)21-23-5-3-12-37-19-23/h3-9,12-14,17-20,22,24H,10-11,15-16,21H2,1-2H3,(H2,40,41,47)/b31-17-. The summed E-state index contributed by atoms with van der Waals surface area (Å²) in [5.74, 6) is 0.417.